The number of ether oxygens (including phenoxy) is 1. The van der Waals surface area contributed by atoms with E-state index >= 15 is 0 Å². The number of esters is 1. The molecule has 168 valence electrons. The minimum atomic E-state index is -3.94. The van der Waals surface area contributed by atoms with E-state index in [-0.39, 0.29) is 55.1 Å². The molecule has 31 heavy (non-hydrogen) atoms. The van der Waals surface area contributed by atoms with Crippen LogP contribution in [-0.4, -0.2) is 73.0 Å². The van der Waals surface area contributed by atoms with Gasteiger partial charge in [-0.25, -0.2) is 17.8 Å². The van der Waals surface area contributed by atoms with Crippen LogP contribution in [0.3, 0.4) is 0 Å². The number of sulfonamides is 1. The maximum atomic E-state index is 13.9. The predicted molar refractivity (Wildman–Crippen MR) is 115 cm³/mol. The molecule has 0 atom stereocenters. The molecular weight excluding hydrogens is 465 g/mol. The van der Waals surface area contributed by atoms with Crippen molar-refractivity contribution in [1.82, 2.24) is 14.2 Å². The summed E-state index contributed by atoms with van der Waals surface area (Å²) in [5.74, 6) is -1.10. The van der Waals surface area contributed by atoms with Crippen molar-refractivity contribution in [2.75, 3.05) is 38.5 Å². The molecule has 1 aliphatic rings. The van der Waals surface area contributed by atoms with Gasteiger partial charge < -0.3 is 9.64 Å². The van der Waals surface area contributed by atoms with E-state index in [1.54, 1.807) is 17.2 Å². The first kappa shape index (κ1) is 23.6. The molecule has 1 amide bonds. The number of thiazole rings is 1. The number of benzene rings is 1. The number of amides is 1. The quantitative estimate of drug-likeness (QED) is 0.415. The number of halogens is 1. The number of nitrogens with zero attached hydrogens (tertiary/aromatic N) is 3. The molecule has 0 radical (unpaired) electrons. The average Bonchev–Trinajstić information content (AvgIpc) is 3.19. The van der Waals surface area contributed by atoms with Gasteiger partial charge in [-0.3, -0.25) is 9.59 Å². The highest BCUT2D eigenvalue weighted by atomic mass is 32.2. The molecule has 0 aliphatic carbocycles. The Morgan fingerprint density at radius 1 is 1.23 bits per heavy atom. The predicted octanol–water partition coefficient (Wildman–Crippen LogP) is 2.01. The molecule has 1 saturated heterocycles. The van der Waals surface area contributed by atoms with Gasteiger partial charge in [0.2, 0.25) is 15.9 Å². The molecule has 12 heteroatoms. The molecule has 1 aromatic carbocycles. The van der Waals surface area contributed by atoms with Gasteiger partial charge >= 0.3 is 5.97 Å². The van der Waals surface area contributed by atoms with E-state index in [4.69, 9.17) is 4.74 Å². The van der Waals surface area contributed by atoms with Gasteiger partial charge in [0.05, 0.1) is 24.5 Å². The van der Waals surface area contributed by atoms with Crippen LogP contribution in [0, 0.1) is 5.82 Å². The SMILES string of the molecule is CCOC(=O)Cc1csc(SCC(=O)N2CCN(S(=O)(=O)c3ccccc3F)CC2)n1. The Morgan fingerprint density at radius 2 is 1.94 bits per heavy atom. The third kappa shape index (κ3) is 6.03. The molecule has 0 unspecified atom stereocenters. The number of hydrogen-bond acceptors (Lipinski definition) is 8. The minimum Gasteiger partial charge on any atom is -0.466 e. The lowest BCUT2D eigenvalue weighted by atomic mass is 10.3. The summed E-state index contributed by atoms with van der Waals surface area (Å²) in [6.07, 6.45) is 0.0945. The Morgan fingerprint density at radius 3 is 2.61 bits per heavy atom. The molecule has 2 heterocycles. The van der Waals surface area contributed by atoms with E-state index in [1.807, 2.05) is 0 Å². The third-order valence-electron chi connectivity index (χ3n) is 4.53. The van der Waals surface area contributed by atoms with Crippen LogP contribution in [0.15, 0.2) is 38.9 Å². The van der Waals surface area contributed by atoms with E-state index in [2.05, 4.69) is 4.98 Å². The number of hydrogen-bond donors (Lipinski definition) is 0. The highest BCUT2D eigenvalue weighted by Crippen LogP contribution is 2.24. The average molecular weight is 488 g/mol. The summed E-state index contributed by atoms with van der Waals surface area (Å²) in [5.41, 5.74) is 0.602. The molecule has 1 aliphatic heterocycles. The van der Waals surface area contributed by atoms with E-state index in [0.29, 0.717) is 16.6 Å². The van der Waals surface area contributed by atoms with Crippen molar-refractivity contribution in [3.63, 3.8) is 0 Å². The maximum absolute atomic E-state index is 13.9. The molecule has 0 bridgehead atoms. The van der Waals surface area contributed by atoms with Gasteiger partial charge in [-0.05, 0) is 19.1 Å². The highest BCUT2D eigenvalue weighted by Gasteiger charge is 2.31. The monoisotopic (exact) mass is 487 g/mol. The van der Waals surface area contributed by atoms with Crippen LogP contribution in [-0.2, 0) is 30.8 Å². The van der Waals surface area contributed by atoms with Gasteiger partial charge in [-0.1, -0.05) is 23.9 Å². The number of carbonyl (C=O) groups excluding carboxylic acids is 2. The molecule has 0 spiro atoms. The number of piperazine rings is 1. The minimum absolute atomic E-state index is 0.0945. The van der Waals surface area contributed by atoms with Gasteiger partial charge in [0, 0.05) is 31.6 Å². The summed E-state index contributed by atoms with van der Waals surface area (Å²) in [6, 6.07) is 5.26. The fourth-order valence-electron chi connectivity index (χ4n) is 2.98. The van der Waals surface area contributed by atoms with Crippen molar-refractivity contribution in [3.8, 4) is 0 Å². The molecule has 0 saturated carbocycles. The van der Waals surface area contributed by atoms with E-state index in [0.717, 1.165) is 6.07 Å². The van der Waals surface area contributed by atoms with Gasteiger partial charge in [-0.15, -0.1) is 11.3 Å². The second-order valence-electron chi connectivity index (χ2n) is 6.59. The first-order valence-corrected chi connectivity index (χ1v) is 12.9. The summed E-state index contributed by atoms with van der Waals surface area (Å²) in [7, 11) is -3.94. The number of carbonyl (C=O) groups is 2. The largest absolute Gasteiger partial charge is 0.466 e. The standard InChI is InChI=1S/C19H22FN3O5S3/c1-2-28-18(25)11-14-12-29-19(21-14)30-13-17(24)22-7-9-23(10-8-22)31(26,27)16-6-4-3-5-15(16)20/h3-6,12H,2,7-11,13H2,1H3. The second-order valence-corrected chi connectivity index (χ2v) is 10.6. The Labute approximate surface area is 188 Å². The topological polar surface area (TPSA) is 96.9 Å². The normalized spacial score (nSPS) is 15.1. The van der Waals surface area contributed by atoms with Crippen LogP contribution >= 0.6 is 23.1 Å². The van der Waals surface area contributed by atoms with Crippen LogP contribution < -0.4 is 0 Å². The van der Waals surface area contributed by atoms with Gasteiger partial charge in [0.15, 0.2) is 4.34 Å². The number of rotatable bonds is 8. The summed E-state index contributed by atoms with van der Waals surface area (Å²) < 4.78 is 46.0. The van der Waals surface area contributed by atoms with Gasteiger partial charge in [-0.2, -0.15) is 4.31 Å². The lowest BCUT2D eigenvalue weighted by Crippen LogP contribution is -2.51. The summed E-state index contributed by atoms with van der Waals surface area (Å²) in [6.45, 7) is 2.73. The summed E-state index contributed by atoms with van der Waals surface area (Å²) in [4.78, 5) is 29.6. The Hall–Kier alpha value is -2.02. The third-order valence-corrected chi connectivity index (χ3v) is 8.51. The van der Waals surface area contributed by atoms with Crippen LogP contribution in [0.5, 0.6) is 0 Å². The molecular formula is C19H22FN3O5S3. The second kappa shape index (κ2) is 10.5. The van der Waals surface area contributed by atoms with Crippen LogP contribution in [0.2, 0.25) is 0 Å². The van der Waals surface area contributed by atoms with Crippen LogP contribution in [0.25, 0.3) is 0 Å². The van der Waals surface area contributed by atoms with E-state index < -0.39 is 15.8 Å². The van der Waals surface area contributed by atoms with Crippen LogP contribution in [0.4, 0.5) is 4.39 Å². The van der Waals surface area contributed by atoms with Crippen molar-refractivity contribution >= 4 is 45.0 Å². The fraction of sp³-hybridized carbons (Fsp3) is 0.421. The first-order valence-electron chi connectivity index (χ1n) is 9.56. The van der Waals surface area contributed by atoms with Crippen molar-refractivity contribution in [1.29, 1.82) is 0 Å². The Balaban J connectivity index is 1.49. The maximum Gasteiger partial charge on any atom is 0.311 e. The Bertz CT molecular complexity index is 1040. The fourth-order valence-corrected chi connectivity index (χ4v) is 6.22. The zero-order valence-corrected chi connectivity index (χ0v) is 19.3. The van der Waals surface area contributed by atoms with Crippen molar-refractivity contribution in [2.45, 2.75) is 22.6 Å². The molecule has 1 aromatic heterocycles. The molecule has 1 fully saturated rings. The lowest BCUT2D eigenvalue weighted by Gasteiger charge is -2.34. The van der Waals surface area contributed by atoms with Crippen LogP contribution in [0.1, 0.15) is 12.6 Å². The number of thioether (sulfide) groups is 1. The molecule has 8 nitrogen and oxygen atoms in total. The summed E-state index contributed by atoms with van der Waals surface area (Å²) in [5, 5.41) is 1.76. The smallest absolute Gasteiger partial charge is 0.311 e. The first-order chi connectivity index (χ1) is 14.8. The lowest BCUT2D eigenvalue weighted by molar-refractivity contribution is -0.142. The van der Waals surface area contributed by atoms with Crippen molar-refractivity contribution in [3.05, 3.63) is 41.2 Å². The van der Waals surface area contributed by atoms with Gasteiger partial charge in [0.25, 0.3) is 0 Å². The zero-order chi connectivity index (χ0) is 22.4. The van der Waals surface area contributed by atoms with Gasteiger partial charge in [0.1, 0.15) is 10.7 Å². The van der Waals surface area contributed by atoms with Crippen molar-refractivity contribution < 1.29 is 27.1 Å². The summed E-state index contributed by atoms with van der Waals surface area (Å²) >= 11 is 2.62. The molecule has 0 N–H and O–H groups in total. The zero-order valence-electron chi connectivity index (χ0n) is 16.8. The van der Waals surface area contributed by atoms with E-state index in [9.17, 15) is 22.4 Å². The molecule has 2 aromatic rings. The van der Waals surface area contributed by atoms with E-state index in [1.165, 1.54) is 45.6 Å². The van der Waals surface area contributed by atoms with Crippen molar-refractivity contribution in [2.24, 2.45) is 0 Å². The highest BCUT2D eigenvalue weighted by molar-refractivity contribution is 8.01. The molecule has 3 rings (SSSR count). The number of aromatic nitrogens is 1. The Kier molecular flexibility index (Phi) is 8.03.